The second kappa shape index (κ2) is 6.71. The fourth-order valence-corrected chi connectivity index (χ4v) is 2.18. The molecule has 5 heteroatoms. The number of nitrogens with zero attached hydrogens (tertiary/aromatic N) is 2. The van der Waals surface area contributed by atoms with E-state index in [0.717, 1.165) is 50.0 Å². The summed E-state index contributed by atoms with van der Waals surface area (Å²) in [6.45, 7) is 2.94. The number of methoxy groups -OCH3 is 1. The molecule has 0 amide bonds. The van der Waals surface area contributed by atoms with Crippen molar-refractivity contribution in [3.05, 3.63) is 11.7 Å². The SMILES string of the molecule is COCCc1noc(CCC2CCNCC2)n1. The molecule has 1 aromatic heterocycles. The van der Waals surface area contributed by atoms with E-state index in [4.69, 9.17) is 9.26 Å². The Labute approximate surface area is 102 Å². The van der Waals surface area contributed by atoms with Crippen molar-refractivity contribution in [2.45, 2.75) is 32.1 Å². The second-order valence-electron chi connectivity index (χ2n) is 4.58. The molecule has 1 N–H and O–H groups in total. The number of hydrogen-bond acceptors (Lipinski definition) is 5. The third-order valence-electron chi connectivity index (χ3n) is 3.27. The van der Waals surface area contributed by atoms with Gasteiger partial charge in [-0.3, -0.25) is 0 Å². The minimum absolute atomic E-state index is 0.646. The van der Waals surface area contributed by atoms with Gasteiger partial charge in [0.05, 0.1) is 6.61 Å². The van der Waals surface area contributed by atoms with Crippen molar-refractivity contribution in [1.29, 1.82) is 0 Å². The van der Waals surface area contributed by atoms with E-state index in [1.54, 1.807) is 7.11 Å². The average molecular weight is 239 g/mol. The Bertz CT molecular complexity index is 321. The molecule has 0 atom stereocenters. The van der Waals surface area contributed by atoms with Crippen molar-refractivity contribution < 1.29 is 9.26 Å². The highest BCUT2D eigenvalue weighted by Gasteiger charge is 2.14. The summed E-state index contributed by atoms with van der Waals surface area (Å²) in [6.07, 6.45) is 5.33. The lowest BCUT2D eigenvalue weighted by Gasteiger charge is -2.21. The molecule has 0 aliphatic carbocycles. The molecule has 2 rings (SSSR count). The van der Waals surface area contributed by atoms with Crippen LogP contribution in [0.3, 0.4) is 0 Å². The van der Waals surface area contributed by atoms with Crippen molar-refractivity contribution in [2.75, 3.05) is 26.8 Å². The summed E-state index contributed by atoms with van der Waals surface area (Å²) in [5.41, 5.74) is 0. The molecule has 0 saturated carbocycles. The predicted molar refractivity (Wildman–Crippen MR) is 63.8 cm³/mol. The van der Waals surface area contributed by atoms with Gasteiger partial charge >= 0.3 is 0 Å². The summed E-state index contributed by atoms with van der Waals surface area (Å²) < 4.78 is 10.2. The van der Waals surface area contributed by atoms with Crippen LogP contribution in [0.1, 0.15) is 31.0 Å². The number of aromatic nitrogens is 2. The van der Waals surface area contributed by atoms with Crippen LogP contribution in [-0.4, -0.2) is 36.9 Å². The van der Waals surface area contributed by atoms with Crippen LogP contribution >= 0.6 is 0 Å². The molecule has 0 bridgehead atoms. The van der Waals surface area contributed by atoms with Crippen LogP contribution in [0.25, 0.3) is 0 Å². The Hall–Kier alpha value is -0.940. The smallest absolute Gasteiger partial charge is 0.226 e. The summed E-state index contributed by atoms with van der Waals surface area (Å²) in [5, 5.41) is 7.31. The monoisotopic (exact) mass is 239 g/mol. The van der Waals surface area contributed by atoms with Gasteiger partial charge in [0.25, 0.3) is 0 Å². The van der Waals surface area contributed by atoms with E-state index in [0.29, 0.717) is 6.61 Å². The molecule has 1 aliphatic rings. The highest BCUT2D eigenvalue weighted by Crippen LogP contribution is 2.18. The van der Waals surface area contributed by atoms with Gasteiger partial charge in [-0.15, -0.1) is 0 Å². The van der Waals surface area contributed by atoms with Crippen LogP contribution < -0.4 is 5.32 Å². The first kappa shape index (κ1) is 12.5. The van der Waals surface area contributed by atoms with E-state index in [1.807, 2.05) is 0 Å². The Kier molecular flexibility index (Phi) is 4.94. The molecule has 1 fully saturated rings. The Morgan fingerprint density at radius 1 is 1.35 bits per heavy atom. The molecule has 1 aliphatic heterocycles. The number of rotatable bonds is 6. The molecule has 0 aromatic carbocycles. The number of ether oxygens (including phenoxy) is 1. The quantitative estimate of drug-likeness (QED) is 0.808. The highest BCUT2D eigenvalue weighted by molar-refractivity contribution is 4.87. The first-order chi connectivity index (χ1) is 8.38. The molecule has 0 spiro atoms. The van der Waals surface area contributed by atoms with Gasteiger partial charge in [0.1, 0.15) is 0 Å². The van der Waals surface area contributed by atoms with E-state index >= 15 is 0 Å². The van der Waals surface area contributed by atoms with E-state index in [9.17, 15) is 0 Å². The molecule has 1 aromatic rings. The average Bonchev–Trinajstić information content (AvgIpc) is 2.83. The lowest BCUT2D eigenvalue weighted by Crippen LogP contribution is -2.27. The third kappa shape index (κ3) is 4.09. The molecule has 2 heterocycles. The predicted octanol–water partition coefficient (Wildman–Crippen LogP) is 1.19. The minimum Gasteiger partial charge on any atom is -0.384 e. The van der Waals surface area contributed by atoms with E-state index < -0.39 is 0 Å². The fraction of sp³-hybridized carbons (Fsp3) is 0.833. The maximum absolute atomic E-state index is 5.22. The topological polar surface area (TPSA) is 60.2 Å². The zero-order chi connectivity index (χ0) is 11.9. The maximum Gasteiger partial charge on any atom is 0.226 e. The van der Waals surface area contributed by atoms with E-state index in [1.165, 1.54) is 12.8 Å². The molecule has 5 nitrogen and oxygen atoms in total. The summed E-state index contributed by atoms with van der Waals surface area (Å²) in [4.78, 5) is 4.36. The Morgan fingerprint density at radius 3 is 2.94 bits per heavy atom. The summed E-state index contributed by atoms with van der Waals surface area (Å²) in [6, 6.07) is 0. The summed E-state index contributed by atoms with van der Waals surface area (Å²) in [5.74, 6) is 2.34. The summed E-state index contributed by atoms with van der Waals surface area (Å²) >= 11 is 0. The molecule has 0 unspecified atom stereocenters. The van der Waals surface area contributed by atoms with Crippen molar-refractivity contribution in [2.24, 2.45) is 5.92 Å². The first-order valence-corrected chi connectivity index (χ1v) is 6.39. The molecule has 17 heavy (non-hydrogen) atoms. The zero-order valence-electron chi connectivity index (χ0n) is 10.4. The van der Waals surface area contributed by atoms with Gasteiger partial charge in [0.2, 0.25) is 5.89 Å². The van der Waals surface area contributed by atoms with Crippen LogP contribution in [0.4, 0.5) is 0 Å². The fourth-order valence-electron chi connectivity index (χ4n) is 2.18. The zero-order valence-corrected chi connectivity index (χ0v) is 10.4. The van der Waals surface area contributed by atoms with E-state index in [2.05, 4.69) is 15.5 Å². The van der Waals surface area contributed by atoms with Gasteiger partial charge in [-0.25, -0.2) is 0 Å². The number of aryl methyl sites for hydroxylation is 1. The van der Waals surface area contributed by atoms with Gasteiger partial charge in [0, 0.05) is 20.0 Å². The Morgan fingerprint density at radius 2 is 2.18 bits per heavy atom. The second-order valence-corrected chi connectivity index (χ2v) is 4.58. The number of nitrogens with one attached hydrogen (secondary N) is 1. The van der Waals surface area contributed by atoms with Gasteiger partial charge < -0.3 is 14.6 Å². The van der Waals surface area contributed by atoms with Gasteiger partial charge in [-0.2, -0.15) is 4.98 Å². The lowest BCUT2D eigenvalue weighted by atomic mass is 9.93. The normalized spacial score (nSPS) is 17.5. The van der Waals surface area contributed by atoms with Crippen LogP contribution in [0.2, 0.25) is 0 Å². The first-order valence-electron chi connectivity index (χ1n) is 6.39. The van der Waals surface area contributed by atoms with Gasteiger partial charge in [-0.1, -0.05) is 5.16 Å². The third-order valence-corrected chi connectivity index (χ3v) is 3.27. The molecule has 1 saturated heterocycles. The van der Waals surface area contributed by atoms with Crippen molar-refractivity contribution in [3.63, 3.8) is 0 Å². The molecular formula is C12H21N3O2. The van der Waals surface area contributed by atoms with Gasteiger partial charge in [0.15, 0.2) is 5.82 Å². The minimum atomic E-state index is 0.646. The van der Waals surface area contributed by atoms with Crippen LogP contribution in [-0.2, 0) is 17.6 Å². The molecule has 96 valence electrons. The molecule has 0 radical (unpaired) electrons. The molecular weight excluding hydrogens is 218 g/mol. The van der Waals surface area contributed by atoms with Crippen LogP contribution in [0, 0.1) is 5.92 Å². The van der Waals surface area contributed by atoms with Crippen LogP contribution in [0.5, 0.6) is 0 Å². The van der Waals surface area contributed by atoms with Gasteiger partial charge in [-0.05, 0) is 38.3 Å². The largest absolute Gasteiger partial charge is 0.384 e. The lowest BCUT2D eigenvalue weighted by molar-refractivity contribution is 0.199. The Balaban J connectivity index is 1.72. The maximum atomic E-state index is 5.22. The van der Waals surface area contributed by atoms with Crippen molar-refractivity contribution >= 4 is 0 Å². The van der Waals surface area contributed by atoms with Crippen molar-refractivity contribution in [1.82, 2.24) is 15.5 Å². The highest BCUT2D eigenvalue weighted by atomic mass is 16.5. The van der Waals surface area contributed by atoms with E-state index in [-0.39, 0.29) is 0 Å². The number of hydrogen-bond donors (Lipinski definition) is 1. The van der Waals surface area contributed by atoms with Crippen LogP contribution in [0.15, 0.2) is 4.52 Å². The number of piperidine rings is 1. The standard InChI is InChI=1S/C12H21N3O2/c1-16-9-6-11-14-12(17-15-11)3-2-10-4-7-13-8-5-10/h10,13H,2-9H2,1H3. The summed E-state index contributed by atoms with van der Waals surface area (Å²) in [7, 11) is 1.68. The van der Waals surface area contributed by atoms with Crippen molar-refractivity contribution in [3.8, 4) is 0 Å².